The SMILES string of the molecule is Cc1cc(C)c2c(c1)[C@]1(C(=O)N2)[C@@H]2C(=O)N(c3cccc(Br)c3)C(=O)[C@@H]2[C@@H]2CCCN21. The molecule has 0 aromatic heterocycles. The summed E-state index contributed by atoms with van der Waals surface area (Å²) in [4.78, 5) is 44.8. The zero-order chi connectivity index (χ0) is 21.7. The maximum atomic E-state index is 13.9. The summed E-state index contributed by atoms with van der Waals surface area (Å²) in [5.74, 6) is -1.86. The van der Waals surface area contributed by atoms with Gasteiger partial charge in [0.2, 0.25) is 17.7 Å². The molecule has 4 heterocycles. The van der Waals surface area contributed by atoms with Gasteiger partial charge in [0, 0.05) is 21.8 Å². The van der Waals surface area contributed by atoms with E-state index in [1.165, 1.54) is 4.90 Å². The van der Waals surface area contributed by atoms with E-state index in [9.17, 15) is 14.4 Å². The normalized spacial score (nSPS) is 31.4. The van der Waals surface area contributed by atoms with Crippen molar-refractivity contribution in [2.45, 2.75) is 38.3 Å². The van der Waals surface area contributed by atoms with Gasteiger partial charge >= 0.3 is 0 Å². The Balaban J connectivity index is 1.58. The highest BCUT2D eigenvalue weighted by molar-refractivity contribution is 9.10. The fourth-order valence-electron chi connectivity index (χ4n) is 6.53. The summed E-state index contributed by atoms with van der Waals surface area (Å²) in [5.41, 5.74) is 3.12. The summed E-state index contributed by atoms with van der Waals surface area (Å²) in [5, 5.41) is 3.08. The number of aryl methyl sites for hydroxylation is 2. The molecule has 4 atom stereocenters. The number of hydrogen-bond acceptors (Lipinski definition) is 4. The zero-order valence-electron chi connectivity index (χ0n) is 17.3. The Morgan fingerprint density at radius 3 is 2.68 bits per heavy atom. The predicted octanol–water partition coefficient (Wildman–Crippen LogP) is 3.50. The Bertz CT molecular complexity index is 1190. The van der Waals surface area contributed by atoms with Gasteiger partial charge in [-0.2, -0.15) is 0 Å². The third kappa shape index (κ3) is 2.23. The minimum atomic E-state index is -1.12. The number of amides is 3. The number of nitrogens with one attached hydrogen (secondary N) is 1. The van der Waals surface area contributed by atoms with Crippen LogP contribution in [0.3, 0.4) is 0 Å². The molecule has 158 valence electrons. The van der Waals surface area contributed by atoms with Gasteiger partial charge < -0.3 is 5.32 Å². The van der Waals surface area contributed by atoms with Crippen molar-refractivity contribution < 1.29 is 14.4 Å². The zero-order valence-corrected chi connectivity index (χ0v) is 18.9. The van der Waals surface area contributed by atoms with Crippen molar-refractivity contribution >= 4 is 45.0 Å². The molecule has 0 radical (unpaired) electrons. The molecule has 0 aliphatic carbocycles. The van der Waals surface area contributed by atoms with Crippen LogP contribution in [0.2, 0.25) is 0 Å². The molecule has 0 saturated carbocycles. The molecule has 0 unspecified atom stereocenters. The molecule has 3 amide bonds. The van der Waals surface area contributed by atoms with Crippen molar-refractivity contribution in [1.82, 2.24) is 4.90 Å². The summed E-state index contributed by atoms with van der Waals surface area (Å²) in [6.07, 6.45) is 1.74. The highest BCUT2D eigenvalue weighted by Crippen LogP contribution is 2.61. The van der Waals surface area contributed by atoms with E-state index in [-0.39, 0.29) is 23.8 Å². The molecule has 3 fully saturated rings. The van der Waals surface area contributed by atoms with Crippen molar-refractivity contribution in [2.24, 2.45) is 11.8 Å². The number of anilines is 2. The lowest BCUT2D eigenvalue weighted by Gasteiger charge is -2.36. The van der Waals surface area contributed by atoms with Gasteiger partial charge in [0.15, 0.2) is 0 Å². The van der Waals surface area contributed by atoms with E-state index in [2.05, 4.69) is 26.1 Å². The van der Waals surface area contributed by atoms with Crippen LogP contribution in [0.25, 0.3) is 0 Å². The Morgan fingerprint density at radius 2 is 1.90 bits per heavy atom. The maximum Gasteiger partial charge on any atom is 0.250 e. The number of carbonyl (C=O) groups is 3. The summed E-state index contributed by atoms with van der Waals surface area (Å²) in [7, 11) is 0. The van der Waals surface area contributed by atoms with Gasteiger partial charge in [0.05, 0.1) is 17.5 Å². The van der Waals surface area contributed by atoms with Crippen LogP contribution in [0.4, 0.5) is 11.4 Å². The molecule has 7 heteroatoms. The van der Waals surface area contributed by atoms with Crippen molar-refractivity contribution in [1.29, 1.82) is 0 Å². The monoisotopic (exact) mass is 479 g/mol. The first kappa shape index (κ1) is 19.2. The number of carbonyl (C=O) groups excluding carboxylic acids is 3. The lowest BCUT2D eigenvalue weighted by atomic mass is 9.75. The summed E-state index contributed by atoms with van der Waals surface area (Å²) in [6, 6.07) is 11.2. The third-order valence-electron chi connectivity index (χ3n) is 7.51. The lowest BCUT2D eigenvalue weighted by Crippen LogP contribution is -2.54. The smallest absolute Gasteiger partial charge is 0.250 e. The number of benzene rings is 2. The first-order valence-corrected chi connectivity index (χ1v) is 11.5. The Morgan fingerprint density at radius 1 is 1.10 bits per heavy atom. The van der Waals surface area contributed by atoms with Gasteiger partial charge in [-0.05, 0) is 57.0 Å². The molecular formula is C24H22BrN3O3. The fourth-order valence-corrected chi connectivity index (χ4v) is 6.92. The molecule has 6 nitrogen and oxygen atoms in total. The van der Waals surface area contributed by atoms with Gasteiger partial charge in [0.25, 0.3) is 0 Å². The van der Waals surface area contributed by atoms with Crippen LogP contribution in [0.5, 0.6) is 0 Å². The molecule has 3 saturated heterocycles. The summed E-state index contributed by atoms with van der Waals surface area (Å²) >= 11 is 3.44. The van der Waals surface area contributed by atoms with Crippen LogP contribution < -0.4 is 10.2 Å². The summed E-state index contributed by atoms with van der Waals surface area (Å²) in [6.45, 7) is 4.70. The van der Waals surface area contributed by atoms with E-state index >= 15 is 0 Å². The van der Waals surface area contributed by atoms with Gasteiger partial charge in [-0.15, -0.1) is 0 Å². The van der Waals surface area contributed by atoms with Crippen molar-refractivity contribution in [2.75, 3.05) is 16.8 Å². The number of halogens is 1. The average Bonchev–Trinajstić information content (AvgIpc) is 3.41. The first-order valence-electron chi connectivity index (χ1n) is 10.7. The second-order valence-corrected chi connectivity index (χ2v) is 10.0. The van der Waals surface area contributed by atoms with E-state index in [0.717, 1.165) is 46.2 Å². The van der Waals surface area contributed by atoms with Crippen LogP contribution in [-0.2, 0) is 19.9 Å². The Hall–Kier alpha value is -2.51. The molecule has 0 bridgehead atoms. The largest absolute Gasteiger partial charge is 0.324 e. The summed E-state index contributed by atoms with van der Waals surface area (Å²) < 4.78 is 0.801. The molecule has 2 aromatic carbocycles. The number of rotatable bonds is 1. The van der Waals surface area contributed by atoms with Gasteiger partial charge in [0.1, 0.15) is 5.54 Å². The van der Waals surface area contributed by atoms with E-state index in [0.29, 0.717) is 5.69 Å². The number of imide groups is 1. The number of hydrogen-bond donors (Lipinski definition) is 1. The first-order chi connectivity index (χ1) is 14.9. The van der Waals surface area contributed by atoms with E-state index in [4.69, 9.17) is 0 Å². The van der Waals surface area contributed by atoms with E-state index < -0.39 is 17.4 Å². The Kier molecular flexibility index (Phi) is 3.88. The van der Waals surface area contributed by atoms with Crippen LogP contribution in [-0.4, -0.2) is 35.2 Å². The topological polar surface area (TPSA) is 69.7 Å². The van der Waals surface area contributed by atoms with Crippen molar-refractivity contribution in [3.05, 3.63) is 57.6 Å². The quantitative estimate of drug-likeness (QED) is 0.635. The lowest BCUT2D eigenvalue weighted by molar-refractivity contribution is -0.135. The molecule has 2 aromatic rings. The maximum absolute atomic E-state index is 13.9. The van der Waals surface area contributed by atoms with Gasteiger partial charge in [-0.3, -0.25) is 19.3 Å². The number of nitrogens with zero attached hydrogens (tertiary/aromatic N) is 2. The van der Waals surface area contributed by atoms with Crippen LogP contribution in [0, 0.1) is 25.7 Å². The van der Waals surface area contributed by atoms with Gasteiger partial charge in [-0.1, -0.05) is 39.7 Å². The van der Waals surface area contributed by atoms with Crippen LogP contribution >= 0.6 is 15.9 Å². The molecule has 4 aliphatic heterocycles. The minimum Gasteiger partial charge on any atom is -0.324 e. The highest BCUT2D eigenvalue weighted by atomic mass is 79.9. The fraction of sp³-hybridized carbons (Fsp3) is 0.375. The third-order valence-corrected chi connectivity index (χ3v) is 8.00. The molecule has 31 heavy (non-hydrogen) atoms. The molecule has 4 aliphatic rings. The minimum absolute atomic E-state index is 0.101. The van der Waals surface area contributed by atoms with E-state index in [1.807, 2.05) is 38.1 Å². The molecule has 1 N–H and O–H groups in total. The highest BCUT2D eigenvalue weighted by Gasteiger charge is 2.74. The second kappa shape index (κ2) is 6.26. The molecule has 6 rings (SSSR count). The van der Waals surface area contributed by atoms with Crippen LogP contribution in [0.1, 0.15) is 29.5 Å². The van der Waals surface area contributed by atoms with Crippen LogP contribution in [0.15, 0.2) is 40.9 Å². The standard InChI is InChI=1S/C24H22BrN3O3/c1-12-9-13(2)20-16(10-12)24(23(31)26-20)19-18(17-7-4-8-27(17)24)21(29)28(22(19)30)15-6-3-5-14(25)11-15/h3,5-6,9-11,17-19H,4,7-8H2,1-2H3,(H,26,31)/t17-,18+,19-,24+/m0/s1. The van der Waals surface area contributed by atoms with Gasteiger partial charge in [-0.25, -0.2) is 4.90 Å². The predicted molar refractivity (Wildman–Crippen MR) is 120 cm³/mol. The molecular weight excluding hydrogens is 458 g/mol. The molecule has 1 spiro atoms. The average molecular weight is 480 g/mol. The number of fused-ring (bicyclic) bond motifs is 7. The Labute approximate surface area is 188 Å². The van der Waals surface area contributed by atoms with E-state index in [1.54, 1.807) is 12.1 Å². The second-order valence-electron chi connectivity index (χ2n) is 9.12. The van der Waals surface area contributed by atoms with Crippen molar-refractivity contribution in [3.8, 4) is 0 Å². The van der Waals surface area contributed by atoms with Crippen molar-refractivity contribution in [3.63, 3.8) is 0 Å².